The van der Waals surface area contributed by atoms with E-state index in [1.54, 1.807) is 13.8 Å². The normalized spacial score (nSPS) is 28.4. The van der Waals surface area contributed by atoms with Crippen LogP contribution in [0, 0.1) is 37.0 Å². The Kier molecular flexibility index (Phi) is 6.10. The lowest BCUT2D eigenvalue weighted by Gasteiger charge is -2.56. The minimum absolute atomic E-state index is 0.113. The maximum atomic E-state index is 12.7. The zero-order valence-corrected chi connectivity index (χ0v) is 18.6. The average Bonchev–Trinajstić information content (AvgIpc) is 2.99. The molecule has 0 saturated heterocycles. The highest BCUT2D eigenvalue weighted by Gasteiger charge is 2.51. The molecule has 0 aliphatic heterocycles. The molecule has 1 aromatic rings. The SMILES string of the molecule is COCCOC(=O)c1c(C)[nH]c(C(=O)NNC(=O)CC23CC4CC(CC(C4)C2)C3)c1C. The minimum Gasteiger partial charge on any atom is -0.460 e. The maximum Gasteiger partial charge on any atom is 0.340 e. The summed E-state index contributed by atoms with van der Waals surface area (Å²) in [6, 6.07) is 0. The number of aryl methyl sites for hydroxylation is 1. The third-order valence-corrected chi connectivity index (χ3v) is 7.41. The first-order valence-corrected chi connectivity index (χ1v) is 11.2. The van der Waals surface area contributed by atoms with Crippen molar-refractivity contribution < 1.29 is 23.9 Å². The third kappa shape index (κ3) is 4.49. The molecular formula is C23H33N3O5. The Balaban J connectivity index is 1.33. The molecule has 4 aliphatic carbocycles. The van der Waals surface area contributed by atoms with Gasteiger partial charge in [-0.1, -0.05) is 0 Å². The van der Waals surface area contributed by atoms with Gasteiger partial charge in [-0.05, 0) is 81.1 Å². The zero-order valence-electron chi connectivity index (χ0n) is 18.6. The van der Waals surface area contributed by atoms with Crippen LogP contribution in [0.3, 0.4) is 0 Å². The number of nitrogens with one attached hydrogen (secondary N) is 3. The van der Waals surface area contributed by atoms with Gasteiger partial charge in [-0.3, -0.25) is 20.4 Å². The van der Waals surface area contributed by atoms with E-state index >= 15 is 0 Å². The van der Waals surface area contributed by atoms with Crippen LogP contribution in [0.25, 0.3) is 0 Å². The number of aromatic amines is 1. The second-order valence-electron chi connectivity index (χ2n) is 9.85. The number of carbonyl (C=O) groups excluding carboxylic acids is 3. The molecule has 0 unspecified atom stereocenters. The summed E-state index contributed by atoms with van der Waals surface area (Å²) in [7, 11) is 1.53. The average molecular weight is 432 g/mol. The number of ether oxygens (including phenoxy) is 2. The fourth-order valence-electron chi connectivity index (χ4n) is 6.65. The Hall–Kier alpha value is -2.35. The Bertz CT molecular complexity index is 840. The fraction of sp³-hybridized carbons (Fsp3) is 0.696. The van der Waals surface area contributed by atoms with Gasteiger partial charge >= 0.3 is 5.97 Å². The van der Waals surface area contributed by atoms with Crippen molar-refractivity contribution in [2.24, 2.45) is 23.2 Å². The van der Waals surface area contributed by atoms with Crippen LogP contribution < -0.4 is 10.9 Å². The Labute approximate surface area is 182 Å². The highest BCUT2D eigenvalue weighted by molar-refractivity contribution is 6.01. The van der Waals surface area contributed by atoms with Crippen molar-refractivity contribution in [1.29, 1.82) is 0 Å². The Morgan fingerprint density at radius 3 is 2.19 bits per heavy atom. The smallest absolute Gasteiger partial charge is 0.340 e. The molecule has 8 nitrogen and oxygen atoms in total. The van der Waals surface area contributed by atoms with Crippen LogP contribution in [-0.4, -0.2) is 43.1 Å². The lowest BCUT2D eigenvalue weighted by atomic mass is 9.49. The second kappa shape index (κ2) is 8.65. The Morgan fingerprint density at radius 1 is 1.00 bits per heavy atom. The lowest BCUT2D eigenvalue weighted by molar-refractivity contribution is -0.130. The van der Waals surface area contributed by atoms with Gasteiger partial charge in [-0.15, -0.1) is 0 Å². The number of esters is 1. The van der Waals surface area contributed by atoms with Gasteiger partial charge in [0.05, 0.1) is 12.2 Å². The molecular weight excluding hydrogens is 398 g/mol. The topological polar surface area (TPSA) is 110 Å². The van der Waals surface area contributed by atoms with Crippen LogP contribution in [-0.2, 0) is 14.3 Å². The molecule has 5 rings (SSSR count). The molecule has 1 heterocycles. The molecule has 0 radical (unpaired) electrons. The molecule has 4 saturated carbocycles. The van der Waals surface area contributed by atoms with Gasteiger partial charge in [-0.2, -0.15) is 0 Å². The number of methoxy groups -OCH3 is 1. The summed E-state index contributed by atoms with van der Waals surface area (Å²) in [6.45, 7) is 3.84. The number of H-pyrrole nitrogens is 1. The molecule has 3 N–H and O–H groups in total. The van der Waals surface area contributed by atoms with Crippen molar-refractivity contribution in [2.75, 3.05) is 20.3 Å². The molecule has 31 heavy (non-hydrogen) atoms. The zero-order chi connectivity index (χ0) is 22.2. The molecule has 0 aromatic carbocycles. The second-order valence-corrected chi connectivity index (χ2v) is 9.85. The predicted octanol–water partition coefficient (Wildman–Crippen LogP) is 2.80. The van der Waals surface area contributed by atoms with E-state index in [-0.39, 0.29) is 23.6 Å². The molecule has 0 atom stereocenters. The van der Waals surface area contributed by atoms with Crippen molar-refractivity contribution in [2.45, 2.75) is 58.8 Å². The van der Waals surface area contributed by atoms with E-state index in [1.165, 1.54) is 26.4 Å². The van der Waals surface area contributed by atoms with E-state index in [1.807, 2.05) is 0 Å². The van der Waals surface area contributed by atoms with Crippen molar-refractivity contribution in [1.82, 2.24) is 15.8 Å². The molecule has 170 valence electrons. The highest BCUT2D eigenvalue weighted by Crippen LogP contribution is 2.61. The minimum atomic E-state index is -0.506. The summed E-state index contributed by atoms with van der Waals surface area (Å²) in [5.41, 5.74) is 6.83. The number of rotatable bonds is 7. The predicted molar refractivity (Wildman–Crippen MR) is 113 cm³/mol. The van der Waals surface area contributed by atoms with E-state index in [2.05, 4.69) is 15.8 Å². The van der Waals surface area contributed by atoms with Crippen molar-refractivity contribution in [3.8, 4) is 0 Å². The molecule has 4 aliphatic rings. The molecule has 2 amide bonds. The van der Waals surface area contributed by atoms with Crippen LogP contribution in [0.15, 0.2) is 0 Å². The summed E-state index contributed by atoms with van der Waals surface area (Å²) in [6.07, 6.45) is 7.89. The first kappa shape index (κ1) is 21.9. The third-order valence-electron chi connectivity index (χ3n) is 7.41. The molecule has 4 bridgehead atoms. The first-order valence-electron chi connectivity index (χ1n) is 11.2. The summed E-state index contributed by atoms with van der Waals surface area (Å²) in [5, 5.41) is 0. The fourth-order valence-corrected chi connectivity index (χ4v) is 6.65. The Morgan fingerprint density at radius 2 is 1.61 bits per heavy atom. The van der Waals surface area contributed by atoms with Crippen LogP contribution >= 0.6 is 0 Å². The van der Waals surface area contributed by atoms with Crippen LogP contribution in [0.5, 0.6) is 0 Å². The standard InChI is InChI=1S/C23H33N3O5/c1-13-19(22(29)31-5-4-30-3)14(2)24-20(13)21(28)26-25-18(27)12-23-9-15-6-16(10-23)8-17(7-15)11-23/h15-17,24H,4-12H2,1-3H3,(H,25,27)(H,26,28). The van der Waals surface area contributed by atoms with Gasteiger partial charge in [0, 0.05) is 19.2 Å². The van der Waals surface area contributed by atoms with Crippen LogP contribution in [0.2, 0.25) is 0 Å². The molecule has 8 heteroatoms. The molecule has 0 spiro atoms. The monoisotopic (exact) mass is 431 g/mol. The summed E-state index contributed by atoms with van der Waals surface area (Å²) >= 11 is 0. The number of amides is 2. The lowest BCUT2D eigenvalue weighted by Crippen LogP contribution is -2.50. The van der Waals surface area contributed by atoms with Crippen molar-refractivity contribution >= 4 is 17.8 Å². The van der Waals surface area contributed by atoms with Gasteiger partial charge in [0.1, 0.15) is 12.3 Å². The van der Waals surface area contributed by atoms with Gasteiger partial charge in [0.2, 0.25) is 5.91 Å². The van der Waals surface area contributed by atoms with Gasteiger partial charge in [0.25, 0.3) is 5.91 Å². The van der Waals surface area contributed by atoms with E-state index in [0.717, 1.165) is 37.0 Å². The van der Waals surface area contributed by atoms with Crippen LogP contribution in [0.1, 0.15) is 77.0 Å². The highest BCUT2D eigenvalue weighted by atomic mass is 16.6. The molecule has 4 fully saturated rings. The van der Waals surface area contributed by atoms with E-state index in [9.17, 15) is 14.4 Å². The van der Waals surface area contributed by atoms with Crippen molar-refractivity contribution in [3.63, 3.8) is 0 Å². The quantitative estimate of drug-likeness (QED) is 0.349. The maximum absolute atomic E-state index is 12.7. The number of hydrogen-bond acceptors (Lipinski definition) is 5. The van der Waals surface area contributed by atoms with Crippen LogP contribution in [0.4, 0.5) is 0 Å². The van der Waals surface area contributed by atoms with Crippen molar-refractivity contribution in [3.05, 3.63) is 22.5 Å². The largest absolute Gasteiger partial charge is 0.460 e. The number of hydrazine groups is 1. The number of carbonyl (C=O) groups is 3. The van der Waals surface area contributed by atoms with Gasteiger partial charge < -0.3 is 14.5 Å². The van der Waals surface area contributed by atoms with E-state index < -0.39 is 11.9 Å². The summed E-state index contributed by atoms with van der Waals surface area (Å²) in [5.74, 6) is 1.21. The van der Waals surface area contributed by atoms with E-state index in [4.69, 9.17) is 9.47 Å². The number of hydrogen-bond donors (Lipinski definition) is 3. The van der Waals surface area contributed by atoms with Gasteiger partial charge in [0.15, 0.2) is 0 Å². The van der Waals surface area contributed by atoms with Gasteiger partial charge in [-0.25, -0.2) is 4.79 Å². The number of aromatic nitrogens is 1. The molecule has 1 aromatic heterocycles. The summed E-state index contributed by atoms with van der Waals surface area (Å²) in [4.78, 5) is 40.6. The van der Waals surface area contributed by atoms with E-state index in [0.29, 0.717) is 29.8 Å². The first-order chi connectivity index (χ1) is 14.8. The summed E-state index contributed by atoms with van der Waals surface area (Å²) < 4.78 is 10.1.